The molecule has 2 aromatic heterocycles. The van der Waals surface area contributed by atoms with Gasteiger partial charge in [-0.15, -0.1) is 4.91 Å². The number of amides is 1. The van der Waals surface area contributed by atoms with E-state index in [9.17, 15) is 22.9 Å². The summed E-state index contributed by atoms with van der Waals surface area (Å²) in [5.41, 5.74) is 2.40. The quantitative estimate of drug-likeness (QED) is 0.141. The number of aromatic nitrogens is 2. The first-order valence-corrected chi connectivity index (χ1v) is 13.5. The number of nitrogens with one attached hydrogen (secondary N) is 3. The van der Waals surface area contributed by atoms with Gasteiger partial charge in [-0.1, -0.05) is 18.2 Å². The van der Waals surface area contributed by atoms with Crippen molar-refractivity contribution in [3.05, 3.63) is 87.5 Å². The van der Waals surface area contributed by atoms with Gasteiger partial charge in [0.25, 0.3) is 0 Å². The van der Waals surface area contributed by atoms with Crippen LogP contribution in [-0.2, 0) is 22.4 Å². The molecule has 202 valence electrons. The van der Waals surface area contributed by atoms with Gasteiger partial charge in [0.2, 0.25) is 16.9 Å². The summed E-state index contributed by atoms with van der Waals surface area (Å²) in [5.74, 6) is -0.455. The summed E-state index contributed by atoms with van der Waals surface area (Å²) in [7, 11) is -1.81. The smallest absolute Gasteiger partial charge is 0.416 e. The van der Waals surface area contributed by atoms with Crippen molar-refractivity contribution >= 4 is 27.6 Å². The first-order valence-electron chi connectivity index (χ1n) is 11.5. The van der Waals surface area contributed by atoms with E-state index in [1.807, 2.05) is 0 Å². The van der Waals surface area contributed by atoms with Crippen LogP contribution in [0.2, 0.25) is 0 Å². The number of hydrogen-bond donors (Lipinski definition) is 3. The Hall–Kier alpha value is -3.91. The topological polar surface area (TPSA) is 131 Å². The molecule has 2 atom stereocenters. The fourth-order valence-corrected chi connectivity index (χ4v) is 4.66. The van der Waals surface area contributed by atoms with Gasteiger partial charge in [-0.2, -0.15) is 13.2 Å². The Kier molecular flexibility index (Phi) is 8.32. The van der Waals surface area contributed by atoms with Gasteiger partial charge in [-0.25, -0.2) is 15.4 Å². The Labute approximate surface area is 217 Å². The van der Waals surface area contributed by atoms with Crippen molar-refractivity contribution in [2.75, 3.05) is 23.6 Å². The third-order valence-electron chi connectivity index (χ3n) is 5.66. The number of halogens is 3. The van der Waals surface area contributed by atoms with Crippen LogP contribution in [0.3, 0.4) is 0 Å². The second-order valence-corrected chi connectivity index (χ2v) is 11.2. The lowest BCUT2D eigenvalue weighted by Gasteiger charge is -2.19. The average molecular weight is 551 g/mol. The fraction of sp³-hybridized carbons (Fsp3) is 0.292. The number of carbonyl (C=O) groups is 1. The Morgan fingerprint density at radius 2 is 2.08 bits per heavy atom. The minimum absolute atomic E-state index is 0.261. The maximum absolute atomic E-state index is 13.3. The van der Waals surface area contributed by atoms with Crippen LogP contribution in [0, 0.1) is 4.91 Å². The number of benzene rings is 1. The number of rotatable bonds is 13. The molecule has 0 aliphatic carbocycles. The molecule has 0 fully saturated rings. The second-order valence-electron chi connectivity index (χ2n) is 8.49. The molecule has 38 heavy (non-hydrogen) atoms. The average Bonchev–Trinajstić information content (AvgIpc) is 3.28. The molecule has 1 aromatic carbocycles. The highest BCUT2D eigenvalue weighted by molar-refractivity contribution is 8.42. The lowest BCUT2D eigenvalue weighted by atomic mass is 9.91. The van der Waals surface area contributed by atoms with E-state index in [1.165, 1.54) is 30.8 Å². The number of nitrogens with zero attached hydrogens (tertiary/aromatic N) is 3. The van der Waals surface area contributed by atoms with E-state index < -0.39 is 33.8 Å². The van der Waals surface area contributed by atoms with Crippen molar-refractivity contribution in [3.8, 4) is 0 Å². The third kappa shape index (κ3) is 7.10. The molecule has 0 bridgehead atoms. The highest BCUT2D eigenvalue weighted by atomic mass is 32.3. The number of hydrogen-bond acceptors (Lipinski definition) is 9. The molecule has 0 saturated heterocycles. The minimum Gasteiger partial charge on any atom is -0.448 e. The Morgan fingerprint density at radius 3 is 2.74 bits per heavy atom. The van der Waals surface area contributed by atoms with Gasteiger partial charge in [-0.05, 0) is 64.2 Å². The number of anilines is 2. The summed E-state index contributed by atoms with van der Waals surface area (Å²) in [4.78, 5) is 37.4. The van der Waals surface area contributed by atoms with Gasteiger partial charge in [0.1, 0.15) is 6.26 Å². The molecule has 3 aromatic rings. The summed E-state index contributed by atoms with van der Waals surface area (Å²) in [6.07, 6.45) is 2.34. The number of oxazole rings is 1. The summed E-state index contributed by atoms with van der Waals surface area (Å²) in [6.45, 7) is 0.899. The third-order valence-corrected chi connectivity index (χ3v) is 7.40. The van der Waals surface area contributed by atoms with Gasteiger partial charge >= 0.3 is 6.18 Å². The van der Waals surface area contributed by atoms with E-state index in [-0.39, 0.29) is 5.56 Å². The van der Waals surface area contributed by atoms with E-state index in [0.717, 1.165) is 12.1 Å². The van der Waals surface area contributed by atoms with Crippen molar-refractivity contribution < 1.29 is 27.2 Å². The molecule has 1 aliphatic heterocycles. The predicted molar refractivity (Wildman–Crippen MR) is 137 cm³/mol. The van der Waals surface area contributed by atoms with E-state index >= 15 is 0 Å². The van der Waals surface area contributed by atoms with E-state index in [0.29, 0.717) is 48.4 Å². The standard InChI is InChI=1S/C24H25F3N6O4S/c1-38(33-35)15-22(38)37-32-20-8-7-18(13-30-20)31-23(34)19(6-3-9-28-14-21-29-10-11-36-21)16-4-2-5-17(12-16)24(25,26)27/h2,4-5,7-8,10-13,15,19,28H,3,6,9,14H2,1H3,(H,30,32)(H,31,34). The molecule has 0 saturated carbocycles. The molecular formula is C24H25F3N6O4S. The first kappa shape index (κ1) is 27.1. The Bertz CT molecular complexity index is 1290. The van der Waals surface area contributed by atoms with Crippen LogP contribution in [0.4, 0.5) is 24.7 Å². The van der Waals surface area contributed by atoms with Crippen LogP contribution in [0.1, 0.15) is 35.8 Å². The van der Waals surface area contributed by atoms with Crippen molar-refractivity contribution in [1.82, 2.24) is 15.3 Å². The lowest BCUT2D eigenvalue weighted by Crippen LogP contribution is -2.23. The number of nitroso groups, excluding NO2 is 1. The van der Waals surface area contributed by atoms with Crippen molar-refractivity contribution in [2.24, 2.45) is 4.58 Å². The molecule has 10 nitrogen and oxygen atoms in total. The SMILES string of the molecule is CS1(N=O)C=C1ONc1ccc(NC(=O)C(CCCNCc2ncco2)c2cccc(C(F)(F)F)c2)cn1. The molecule has 4 rings (SSSR count). The summed E-state index contributed by atoms with van der Waals surface area (Å²) in [5, 5.41) is 7.94. The molecule has 0 radical (unpaired) electrons. The maximum Gasteiger partial charge on any atom is 0.416 e. The lowest BCUT2D eigenvalue weighted by molar-refractivity contribution is -0.137. The van der Waals surface area contributed by atoms with Crippen molar-refractivity contribution in [2.45, 2.75) is 31.5 Å². The Morgan fingerprint density at radius 1 is 1.24 bits per heavy atom. The van der Waals surface area contributed by atoms with E-state index in [4.69, 9.17) is 9.25 Å². The van der Waals surface area contributed by atoms with E-state index in [1.54, 1.807) is 23.8 Å². The Balaban J connectivity index is 1.38. The molecule has 1 aliphatic rings. The van der Waals surface area contributed by atoms with Crippen LogP contribution < -0.4 is 16.1 Å². The van der Waals surface area contributed by atoms with Gasteiger partial charge in [-0.3, -0.25) is 4.79 Å². The highest BCUT2D eigenvalue weighted by Crippen LogP contribution is 2.69. The highest BCUT2D eigenvalue weighted by Gasteiger charge is 2.39. The van der Waals surface area contributed by atoms with Crippen LogP contribution in [0.5, 0.6) is 0 Å². The molecule has 2 unspecified atom stereocenters. The number of carbonyl (C=O) groups excluding carboxylic acids is 1. The predicted octanol–water partition coefficient (Wildman–Crippen LogP) is 5.65. The largest absolute Gasteiger partial charge is 0.448 e. The minimum atomic E-state index is -4.53. The van der Waals surface area contributed by atoms with Crippen LogP contribution in [0.15, 0.2) is 74.6 Å². The summed E-state index contributed by atoms with van der Waals surface area (Å²) in [6, 6.07) is 7.90. The first-order chi connectivity index (χ1) is 18.2. The normalized spacial score (nSPS) is 19.0. The molecule has 3 N–H and O–H groups in total. The van der Waals surface area contributed by atoms with Crippen LogP contribution in [0.25, 0.3) is 0 Å². The maximum atomic E-state index is 13.3. The fourth-order valence-electron chi connectivity index (χ4n) is 3.54. The monoisotopic (exact) mass is 550 g/mol. The molecule has 14 heteroatoms. The number of pyridine rings is 1. The molecule has 3 heterocycles. The summed E-state index contributed by atoms with van der Waals surface area (Å²) >= 11 is 0. The van der Waals surface area contributed by atoms with Crippen LogP contribution in [-0.4, -0.2) is 28.7 Å². The molecule has 0 spiro atoms. The zero-order chi connectivity index (χ0) is 27.2. The van der Waals surface area contributed by atoms with Crippen LogP contribution >= 0.6 is 10.2 Å². The zero-order valence-corrected chi connectivity index (χ0v) is 21.0. The second kappa shape index (κ2) is 11.6. The summed E-state index contributed by atoms with van der Waals surface area (Å²) < 4.78 is 48.1. The van der Waals surface area contributed by atoms with Gasteiger partial charge < -0.3 is 19.9 Å². The van der Waals surface area contributed by atoms with Gasteiger partial charge in [0, 0.05) is 5.41 Å². The van der Waals surface area contributed by atoms with Crippen molar-refractivity contribution in [1.29, 1.82) is 0 Å². The molecular weight excluding hydrogens is 525 g/mol. The van der Waals surface area contributed by atoms with Crippen molar-refractivity contribution in [3.63, 3.8) is 0 Å². The number of alkyl halides is 3. The van der Waals surface area contributed by atoms with Gasteiger partial charge in [0.05, 0.1) is 36.1 Å². The van der Waals surface area contributed by atoms with Gasteiger partial charge in [0.15, 0.2) is 5.82 Å². The van der Waals surface area contributed by atoms with E-state index in [2.05, 4.69) is 30.7 Å². The molecule has 1 amide bonds. The zero-order valence-electron chi connectivity index (χ0n) is 20.2.